The fourth-order valence-electron chi connectivity index (χ4n) is 2.65. The molecule has 2 rings (SSSR count). The van der Waals surface area contributed by atoms with Gasteiger partial charge in [-0.2, -0.15) is 0 Å². The third-order valence-electron chi connectivity index (χ3n) is 3.93. The first-order valence-corrected chi connectivity index (χ1v) is 7.06. The van der Waals surface area contributed by atoms with Crippen LogP contribution in [0.25, 0.3) is 0 Å². The normalized spacial score (nSPS) is 18.0. The van der Waals surface area contributed by atoms with E-state index in [4.69, 9.17) is 11.6 Å². The van der Waals surface area contributed by atoms with Crippen molar-refractivity contribution in [3.8, 4) is 0 Å². The molecule has 0 unspecified atom stereocenters. The molecule has 0 aromatic heterocycles. The molecule has 0 atom stereocenters. The molecule has 1 N–H and O–H groups in total. The van der Waals surface area contributed by atoms with Crippen molar-refractivity contribution in [2.45, 2.75) is 39.0 Å². The van der Waals surface area contributed by atoms with Gasteiger partial charge in [0.05, 0.1) is 15.6 Å². The monoisotopic (exact) mass is 282 g/mol. The first-order chi connectivity index (χ1) is 9.00. The largest absolute Gasteiger partial charge is 0.383 e. The summed E-state index contributed by atoms with van der Waals surface area (Å²) in [6, 6.07) is 4.57. The quantitative estimate of drug-likeness (QED) is 0.647. The first-order valence-electron chi connectivity index (χ1n) is 6.68. The van der Waals surface area contributed by atoms with Crippen molar-refractivity contribution in [1.29, 1.82) is 0 Å². The predicted molar refractivity (Wildman–Crippen MR) is 77.8 cm³/mol. The van der Waals surface area contributed by atoms with Crippen LogP contribution < -0.4 is 5.32 Å². The molecule has 5 heteroatoms. The molecule has 0 amide bonds. The van der Waals surface area contributed by atoms with Gasteiger partial charge >= 0.3 is 0 Å². The molecule has 1 aromatic rings. The molecule has 1 fully saturated rings. The van der Waals surface area contributed by atoms with Crippen LogP contribution in [-0.2, 0) is 0 Å². The topological polar surface area (TPSA) is 55.2 Å². The summed E-state index contributed by atoms with van der Waals surface area (Å²) in [7, 11) is 0. The Morgan fingerprint density at radius 3 is 2.63 bits per heavy atom. The lowest BCUT2D eigenvalue weighted by atomic mass is 9.76. The summed E-state index contributed by atoms with van der Waals surface area (Å²) in [5.41, 5.74) is 1.11. The second-order valence-corrected chi connectivity index (χ2v) is 6.05. The lowest BCUT2D eigenvalue weighted by Gasteiger charge is -2.34. The van der Waals surface area contributed by atoms with Gasteiger partial charge in [0.1, 0.15) is 0 Å². The standard InChI is InChI=1S/C14H19ClN2O2/c1-14(7-3-2-4-8-14)10-16-13-6-5-11(17(18)19)9-12(13)15/h5-6,9,16H,2-4,7-8,10H2,1H3. The van der Waals surface area contributed by atoms with Crippen LogP contribution in [0.15, 0.2) is 18.2 Å². The third-order valence-corrected chi connectivity index (χ3v) is 4.24. The summed E-state index contributed by atoms with van der Waals surface area (Å²) >= 11 is 6.07. The minimum absolute atomic E-state index is 0.0272. The van der Waals surface area contributed by atoms with Gasteiger partial charge in [-0.15, -0.1) is 0 Å². The van der Waals surface area contributed by atoms with Crippen LogP contribution in [-0.4, -0.2) is 11.5 Å². The highest BCUT2D eigenvalue weighted by Gasteiger charge is 2.26. The van der Waals surface area contributed by atoms with Crippen LogP contribution >= 0.6 is 11.6 Å². The van der Waals surface area contributed by atoms with Gasteiger partial charge in [-0.25, -0.2) is 0 Å². The molecule has 0 heterocycles. The van der Waals surface area contributed by atoms with E-state index in [2.05, 4.69) is 12.2 Å². The van der Waals surface area contributed by atoms with E-state index >= 15 is 0 Å². The van der Waals surface area contributed by atoms with Crippen LogP contribution in [0.3, 0.4) is 0 Å². The van der Waals surface area contributed by atoms with Gasteiger partial charge in [0.2, 0.25) is 0 Å². The van der Waals surface area contributed by atoms with Crippen molar-refractivity contribution in [2.24, 2.45) is 5.41 Å². The zero-order chi connectivity index (χ0) is 13.9. The van der Waals surface area contributed by atoms with Gasteiger partial charge < -0.3 is 5.32 Å². The van der Waals surface area contributed by atoms with E-state index in [0.29, 0.717) is 10.4 Å². The van der Waals surface area contributed by atoms with Crippen molar-refractivity contribution in [2.75, 3.05) is 11.9 Å². The third kappa shape index (κ3) is 3.60. The molecule has 0 aliphatic heterocycles. The molecule has 104 valence electrons. The molecular weight excluding hydrogens is 264 g/mol. The van der Waals surface area contributed by atoms with Crippen molar-refractivity contribution in [3.63, 3.8) is 0 Å². The number of rotatable bonds is 4. The average molecular weight is 283 g/mol. The molecule has 19 heavy (non-hydrogen) atoms. The number of halogens is 1. The molecule has 1 aliphatic carbocycles. The number of non-ortho nitro benzene ring substituents is 1. The fourth-order valence-corrected chi connectivity index (χ4v) is 2.89. The van der Waals surface area contributed by atoms with E-state index < -0.39 is 4.92 Å². The summed E-state index contributed by atoms with van der Waals surface area (Å²) in [4.78, 5) is 10.2. The molecule has 0 bridgehead atoms. The Kier molecular flexibility index (Phi) is 4.30. The summed E-state index contributed by atoms with van der Waals surface area (Å²) in [5.74, 6) is 0. The summed E-state index contributed by atoms with van der Waals surface area (Å²) in [6.07, 6.45) is 6.35. The fraction of sp³-hybridized carbons (Fsp3) is 0.571. The predicted octanol–water partition coefficient (Wildman–Crippen LogP) is 4.63. The number of nitrogens with zero attached hydrogens (tertiary/aromatic N) is 1. The summed E-state index contributed by atoms with van der Waals surface area (Å²) < 4.78 is 0. The van der Waals surface area contributed by atoms with Crippen LogP contribution in [0.5, 0.6) is 0 Å². The number of anilines is 1. The number of hydrogen-bond donors (Lipinski definition) is 1. The highest BCUT2D eigenvalue weighted by Crippen LogP contribution is 2.36. The van der Waals surface area contributed by atoms with Crippen molar-refractivity contribution < 1.29 is 4.92 Å². The second kappa shape index (κ2) is 5.78. The van der Waals surface area contributed by atoms with Gasteiger partial charge in [0.15, 0.2) is 0 Å². The number of hydrogen-bond acceptors (Lipinski definition) is 3. The summed E-state index contributed by atoms with van der Waals surface area (Å²) in [5, 5.41) is 14.4. The van der Waals surface area contributed by atoms with Gasteiger partial charge in [0.25, 0.3) is 5.69 Å². The highest BCUT2D eigenvalue weighted by molar-refractivity contribution is 6.33. The Balaban J connectivity index is 2.01. The molecule has 1 saturated carbocycles. The van der Waals surface area contributed by atoms with E-state index in [0.717, 1.165) is 12.2 Å². The number of nitro benzene ring substituents is 1. The number of nitrogens with one attached hydrogen (secondary N) is 1. The van der Waals surface area contributed by atoms with E-state index in [1.807, 2.05) is 0 Å². The lowest BCUT2D eigenvalue weighted by molar-refractivity contribution is -0.384. The van der Waals surface area contributed by atoms with Crippen LogP contribution in [0.2, 0.25) is 5.02 Å². The average Bonchev–Trinajstić information content (AvgIpc) is 2.38. The Morgan fingerprint density at radius 1 is 1.37 bits per heavy atom. The Hall–Kier alpha value is -1.29. The lowest BCUT2D eigenvalue weighted by Crippen LogP contribution is -2.28. The van der Waals surface area contributed by atoms with Crippen LogP contribution in [0.4, 0.5) is 11.4 Å². The van der Waals surface area contributed by atoms with Gasteiger partial charge in [-0.1, -0.05) is 37.8 Å². The Labute approximate surface area is 118 Å². The van der Waals surface area contributed by atoms with Crippen molar-refractivity contribution in [1.82, 2.24) is 0 Å². The minimum Gasteiger partial charge on any atom is -0.383 e. The Morgan fingerprint density at radius 2 is 2.05 bits per heavy atom. The maximum Gasteiger partial charge on any atom is 0.271 e. The minimum atomic E-state index is -0.432. The Bertz CT molecular complexity index is 471. The first kappa shape index (κ1) is 14.1. The molecule has 0 radical (unpaired) electrons. The molecule has 1 aliphatic rings. The van der Waals surface area contributed by atoms with E-state index in [9.17, 15) is 10.1 Å². The molecule has 4 nitrogen and oxygen atoms in total. The van der Waals surface area contributed by atoms with E-state index in [1.54, 1.807) is 6.07 Å². The van der Waals surface area contributed by atoms with E-state index in [-0.39, 0.29) is 5.69 Å². The van der Waals surface area contributed by atoms with Crippen molar-refractivity contribution in [3.05, 3.63) is 33.3 Å². The smallest absolute Gasteiger partial charge is 0.271 e. The van der Waals surface area contributed by atoms with Crippen LogP contribution in [0.1, 0.15) is 39.0 Å². The SMILES string of the molecule is CC1(CNc2ccc([N+](=O)[O-])cc2Cl)CCCCC1. The molecule has 0 spiro atoms. The van der Waals surface area contributed by atoms with Gasteiger partial charge in [-0.3, -0.25) is 10.1 Å². The van der Waals surface area contributed by atoms with Crippen molar-refractivity contribution >= 4 is 23.0 Å². The second-order valence-electron chi connectivity index (χ2n) is 5.65. The van der Waals surface area contributed by atoms with Gasteiger partial charge in [-0.05, 0) is 24.3 Å². The summed E-state index contributed by atoms with van der Waals surface area (Å²) in [6.45, 7) is 3.16. The number of benzene rings is 1. The van der Waals surface area contributed by atoms with Crippen LogP contribution in [0, 0.1) is 15.5 Å². The van der Waals surface area contributed by atoms with Gasteiger partial charge in [0, 0.05) is 18.7 Å². The van der Waals surface area contributed by atoms with E-state index in [1.165, 1.54) is 44.2 Å². The maximum atomic E-state index is 10.6. The maximum absolute atomic E-state index is 10.6. The highest BCUT2D eigenvalue weighted by atomic mass is 35.5. The molecular formula is C14H19ClN2O2. The zero-order valence-electron chi connectivity index (χ0n) is 11.1. The molecule has 1 aromatic carbocycles. The number of nitro groups is 1. The zero-order valence-corrected chi connectivity index (χ0v) is 11.9. The molecule has 0 saturated heterocycles.